The van der Waals surface area contributed by atoms with E-state index in [1.54, 1.807) is 0 Å². The van der Waals surface area contributed by atoms with Gasteiger partial charge in [0, 0.05) is 13.1 Å². The molecule has 1 amide bonds. The second-order valence-corrected chi connectivity index (χ2v) is 4.92. The maximum absolute atomic E-state index is 11.7. The van der Waals surface area contributed by atoms with Gasteiger partial charge in [0.2, 0.25) is 0 Å². The van der Waals surface area contributed by atoms with Crippen molar-refractivity contribution in [2.24, 2.45) is 11.8 Å². The normalized spacial score (nSPS) is 20.4. The number of carboxylic acid groups (broad SMARTS) is 1. The van der Waals surface area contributed by atoms with E-state index in [0.717, 1.165) is 12.8 Å². The number of carboxylic acids is 1. The first-order valence-electron chi connectivity index (χ1n) is 6.15. The zero-order valence-corrected chi connectivity index (χ0v) is 10.5. The molecule has 1 saturated heterocycles. The Hall–Kier alpha value is -1.26. The van der Waals surface area contributed by atoms with Crippen LogP contribution < -0.4 is 0 Å². The highest BCUT2D eigenvalue weighted by molar-refractivity contribution is 5.73. The monoisotopic (exact) mass is 243 g/mol. The van der Waals surface area contributed by atoms with Gasteiger partial charge in [0.15, 0.2) is 0 Å². The predicted octanol–water partition coefficient (Wildman–Crippen LogP) is 1.97. The number of likely N-dealkylation sites (tertiary alicyclic amines) is 1. The minimum Gasteiger partial charge on any atom is -0.481 e. The first-order chi connectivity index (χ1) is 8.00. The fourth-order valence-corrected chi connectivity index (χ4v) is 1.82. The van der Waals surface area contributed by atoms with Crippen LogP contribution in [0.1, 0.15) is 33.1 Å². The van der Waals surface area contributed by atoms with Gasteiger partial charge in [0.05, 0.1) is 12.5 Å². The average Bonchev–Trinajstić information content (AvgIpc) is 2.28. The Balaban J connectivity index is 2.33. The summed E-state index contributed by atoms with van der Waals surface area (Å²) in [5, 5.41) is 8.91. The number of carbonyl (C=O) groups excluding carboxylic acids is 1. The molecule has 0 aliphatic carbocycles. The number of aliphatic carboxylic acids is 1. The van der Waals surface area contributed by atoms with Crippen molar-refractivity contribution in [3.63, 3.8) is 0 Å². The number of nitrogens with zero attached hydrogens (tertiary/aromatic N) is 1. The molecular formula is C12H21NO4. The molecule has 0 aromatic heterocycles. The number of ether oxygens (including phenoxy) is 1. The van der Waals surface area contributed by atoms with Gasteiger partial charge in [0.25, 0.3) is 0 Å². The summed E-state index contributed by atoms with van der Waals surface area (Å²) in [6.07, 6.45) is 1.83. The van der Waals surface area contributed by atoms with Crippen LogP contribution in [0.5, 0.6) is 0 Å². The topological polar surface area (TPSA) is 66.8 Å². The lowest BCUT2D eigenvalue weighted by atomic mass is 9.99. The van der Waals surface area contributed by atoms with Gasteiger partial charge in [-0.3, -0.25) is 4.79 Å². The molecule has 0 radical (unpaired) electrons. The van der Waals surface area contributed by atoms with Crippen molar-refractivity contribution in [3.8, 4) is 0 Å². The predicted molar refractivity (Wildman–Crippen MR) is 62.7 cm³/mol. The molecule has 0 aromatic rings. The molecule has 1 N–H and O–H groups in total. The van der Waals surface area contributed by atoms with Gasteiger partial charge in [0.1, 0.15) is 0 Å². The molecule has 5 nitrogen and oxygen atoms in total. The smallest absolute Gasteiger partial charge is 0.409 e. The van der Waals surface area contributed by atoms with Crippen LogP contribution in [-0.2, 0) is 9.53 Å². The van der Waals surface area contributed by atoms with Crippen molar-refractivity contribution in [1.82, 2.24) is 4.90 Å². The van der Waals surface area contributed by atoms with Crippen LogP contribution in [0.3, 0.4) is 0 Å². The van der Waals surface area contributed by atoms with Gasteiger partial charge in [-0.05, 0) is 25.2 Å². The summed E-state index contributed by atoms with van der Waals surface area (Å²) in [6.45, 7) is 5.41. The quantitative estimate of drug-likeness (QED) is 0.819. The van der Waals surface area contributed by atoms with Crippen LogP contribution in [0.2, 0.25) is 0 Å². The summed E-state index contributed by atoms with van der Waals surface area (Å²) in [4.78, 5) is 24.0. The minimum absolute atomic E-state index is 0.274. The van der Waals surface area contributed by atoms with Crippen molar-refractivity contribution in [3.05, 3.63) is 0 Å². The number of hydrogen-bond donors (Lipinski definition) is 1. The summed E-state index contributed by atoms with van der Waals surface area (Å²) in [6, 6.07) is 0. The van der Waals surface area contributed by atoms with Gasteiger partial charge in [-0.2, -0.15) is 0 Å². The third-order valence-corrected chi connectivity index (χ3v) is 2.95. The standard InChI is InChI=1S/C12H21NO4/c1-9(2)5-7-17-12(16)13-6-3-4-10(8-13)11(14)15/h9-10H,3-8H2,1-2H3,(H,14,15). The van der Waals surface area contributed by atoms with Crippen LogP contribution in [-0.4, -0.2) is 41.8 Å². The second-order valence-electron chi connectivity index (χ2n) is 4.92. The number of piperidine rings is 1. The number of rotatable bonds is 4. The van der Waals surface area contributed by atoms with E-state index >= 15 is 0 Å². The van der Waals surface area contributed by atoms with Gasteiger partial charge in [-0.1, -0.05) is 13.8 Å². The van der Waals surface area contributed by atoms with E-state index in [2.05, 4.69) is 13.8 Å². The van der Waals surface area contributed by atoms with Crippen molar-refractivity contribution >= 4 is 12.1 Å². The molecule has 0 aromatic carbocycles. The van der Waals surface area contributed by atoms with Crippen molar-refractivity contribution < 1.29 is 19.4 Å². The molecule has 5 heteroatoms. The Labute approximate surface area is 102 Å². The van der Waals surface area contributed by atoms with E-state index in [1.165, 1.54) is 4.90 Å². The zero-order chi connectivity index (χ0) is 12.8. The number of hydrogen-bond acceptors (Lipinski definition) is 3. The van der Waals surface area contributed by atoms with Crippen LogP contribution >= 0.6 is 0 Å². The molecule has 17 heavy (non-hydrogen) atoms. The zero-order valence-electron chi connectivity index (χ0n) is 10.5. The lowest BCUT2D eigenvalue weighted by Gasteiger charge is -2.29. The fraction of sp³-hybridized carbons (Fsp3) is 0.833. The Kier molecular flexibility index (Phi) is 5.25. The van der Waals surface area contributed by atoms with E-state index in [-0.39, 0.29) is 12.6 Å². The molecule has 1 fully saturated rings. The van der Waals surface area contributed by atoms with Gasteiger partial charge in [-0.25, -0.2) is 4.79 Å². The first-order valence-corrected chi connectivity index (χ1v) is 6.15. The summed E-state index contributed by atoms with van der Waals surface area (Å²) in [5.74, 6) is -0.776. The molecule has 0 bridgehead atoms. The Morgan fingerprint density at radius 2 is 2.18 bits per heavy atom. The maximum Gasteiger partial charge on any atom is 0.409 e. The minimum atomic E-state index is -0.829. The fourth-order valence-electron chi connectivity index (χ4n) is 1.82. The molecule has 1 unspecified atom stereocenters. The Morgan fingerprint density at radius 3 is 2.76 bits per heavy atom. The molecule has 0 saturated carbocycles. The lowest BCUT2D eigenvalue weighted by molar-refractivity contribution is -0.143. The first kappa shape index (κ1) is 13.8. The van der Waals surface area contributed by atoms with E-state index in [4.69, 9.17) is 9.84 Å². The summed E-state index contributed by atoms with van der Waals surface area (Å²) >= 11 is 0. The average molecular weight is 243 g/mol. The van der Waals surface area contributed by atoms with Crippen LogP contribution in [0.25, 0.3) is 0 Å². The molecule has 1 aliphatic heterocycles. The van der Waals surface area contributed by atoms with E-state index in [0.29, 0.717) is 25.5 Å². The Bertz CT molecular complexity index is 278. The molecule has 0 spiro atoms. The van der Waals surface area contributed by atoms with Gasteiger partial charge < -0.3 is 14.7 Å². The number of amides is 1. The van der Waals surface area contributed by atoms with E-state index in [9.17, 15) is 9.59 Å². The third-order valence-electron chi connectivity index (χ3n) is 2.95. The maximum atomic E-state index is 11.7. The van der Waals surface area contributed by atoms with Crippen molar-refractivity contribution in [1.29, 1.82) is 0 Å². The highest BCUT2D eigenvalue weighted by Gasteiger charge is 2.28. The summed E-state index contributed by atoms with van der Waals surface area (Å²) < 4.78 is 5.11. The second kappa shape index (κ2) is 6.47. The van der Waals surface area contributed by atoms with Crippen LogP contribution in [0.4, 0.5) is 4.79 Å². The van der Waals surface area contributed by atoms with E-state index in [1.807, 2.05) is 0 Å². The van der Waals surface area contributed by atoms with Crippen LogP contribution in [0.15, 0.2) is 0 Å². The van der Waals surface area contributed by atoms with Gasteiger partial charge in [-0.15, -0.1) is 0 Å². The highest BCUT2D eigenvalue weighted by Crippen LogP contribution is 2.17. The molecule has 1 heterocycles. The summed E-state index contributed by atoms with van der Waals surface area (Å²) in [7, 11) is 0. The largest absolute Gasteiger partial charge is 0.481 e. The Morgan fingerprint density at radius 1 is 1.47 bits per heavy atom. The SMILES string of the molecule is CC(C)CCOC(=O)N1CCCC(C(=O)O)C1. The van der Waals surface area contributed by atoms with Gasteiger partial charge >= 0.3 is 12.1 Å². The molecule has 98 valence electrons. The lowest BCUT2D eigenvalue weighted by Crippen LogP contribution is -2.42. The van der Waals surface area contributed by atoms with Crippen molar-refractivity contribution in [2.75, 3.05) is 19.7 Å². The molecule has 1 atom stereocenters. The van der Waals surface area contributed by atoms with Crippen LogP contribution in [0, 0.1) is 11.8 Å². The molecular weight excluding hydrogens is 222 g/mol. The van der Waals surface area contributed by atoms with E-state index < -0.39 is 11.9 Å². The molecule has 1 aliphatic rings. The summed E-state index contributed by atoms with van der Waals surface area (Å²) in [5.41, 5.74) is 0. The van der Waals surface area contributed by atoms with Crippen molar-refractivity contribution in [2.45, 2.75) is 33.1 Å². The third kappa shape index (κ3) is 4.63. The highest BCUT2D eigenvalue weighted by atomic mass is 16.6. The number of carbonyl (C=O) groups is 2. The molecule has 1 rings (SSSR count).